The van der Waals surface area contributed by atoms with Crippen LogP contribution in [0.25, 0.3) is 0 Å². The molecule has 0 saturated carbocycles. The number of carbonyl (C=O) groups excluding carboxylic acids is 1. The summed E-state index contributed by atoms with van der Waals surface area (Å²) in [4.78, 5) is 12.0. The number of benzene rings is 1. The van der Waals surface area contributed by atoms with Crippen LogP contribution in [0.3, 0.4) is 0 Å². The van der Waals surface area contributed by atoms with Crippen LogP contribution < -0.4 is 15.8 Å². The molecule has 1 aliphatic rings. The van der Waals surface area contributed by atoms with E-state index in [9.17, 15) is 13.2 Å². The van der Waals surface area contributed by atoms with Gasteiger partial charge in [-0.1, -0.05) is 12.1 Å². The van der Waals surface area contributed by atoms with Crippen LogP contribution in [0.2, 0.25) is 0 Å². The number of carbonyl (C=O) groups is 1. The molecule has 0 radical (unpaired) electrons. The minimum absolute atomic E-state index is 0.143. The van der Waals surface area contributed by atoms with E-state index in [0.717, 1.165) is 5.56 Å². The molecule has 1 saturated heterocycles. The van der Waals surface area contributed by atoms with E-state index in [4.69, 9.17) is 15.2 Å². The fourth-order valence-corrected chi connectivity index (χ4v) is 3.32. The van der Waals surface area contributed by atoms with E-state index >= 15 is 0 Å². The molecule has 8 nitrogen and oxygen atoms in total. The third-order valence-electron chi connectivity index (χ3n) is 3.77. The summed E-state index contributed by atoms with van der Waals surface area (Å²) in [6.45, 7) is 2.12. The lowest BCUT2D eigenvalue weighted by Gasteiger charge is -2.31. The molecular weight excluding hydrogens is 346 g/mol. The first-order chi connectivity index (χ1) is 11.9. The quantitative estimate of drug-likeness (QED) is 0.628. The molecule has 9 heteroatoms. The van der Waals surface area contributed by atoms with Crippen LogP contribution in [0, 0.1) is 0 Å². The number of hydrogen-bond donors (Lipinski definition) is 2. The van der Waals surface area contributed by atoms with E-state index in [1.807, 2.05) is 12.1 Å². The number of nitrogens with two attached hydrogens (primary N) is 1. The topological polar surface area (TPSA) is 111 Å². The molecule has 2 rings (SSSR count). The van der Waals surface area contributed by atoms with Crippen LogP contribution in [0.5, 0.6) is 5.75 Å². The second-order valence-electron chi connectivity index (χ2n) is 5.88. The van der Waals surface area contributed by atoms with Crippen molar-refractivity contribution in [2.45, 2.75) is 12.5 Å². The van der Waals surface area contributed by atoms with Gasteiger partial charge >= 0.3 is 0 Å². The molecule has 1 fully saturated rings. The van der Waals surface area contributed by atoms with Crippen molar-refractivity contribution in [1.29, 1.82) is 0 Å². The van der Waals surface area contributed by atoms with Gasteiger partial charge in [-0.3, -0.25) is 4.79 Å². The SMILES string of the molecule is CS(=O)(=O)N1CCO[C@H](CNC(=O)Cc2ccc(OCCN)cc2)C1. The number of ether oxygens (including phenoxy) is 2. The van der Waals surface area contributed by atoms with Crippen molar-refractivity contribution >= 4 is 15.9 Å². The van der Waals surface area contributed by atoms with Crippen LogP contribution in [0.15, 0.2) is 24.3 Å². The molecular formula is C16H25N3O5S. The van der Waals surface area contributed by atoms with E-state index in [-0.39, 0.29) is 31.5 Å². The zero-order chi connectivity index (χ0) is 18.3. The van der Waals surface area contributed by atoms with Gasteiger partial charge < -0.3 is 20.5 Å². The predicted molar refractivity (Wildman–Crippen MR) is 93.9 cm³/mol. The average Bonchev–Trinajstić information content (AvgIpc) is 2.59. The van der Waals surface area contributed by atoms with Gasteiger partial charge in [-0.2, -0.15) is 4.31 Å². The van der Waals surface area contributed by atoms with Crippen LogP contribution in [0.1, 0.15) is 5.56 Å². The lowest BCUT2D eigenvalue weighted by atomic mass is 10.1. The van der Waals surface area contributed by atoms with Crippen molar-refractivity contribution in [2.75, 3.05) is 45.6 Å². The zero-order valence-corrected chi connectivity index (χ0v) is 15.1. The molecule has 1 amide bonds. The van der Waals surface area contributed by atoms with Crippen molar-refractivity contribution in [1.82, 2.24) is 9.62 Å². The summed E-state index contributed by atoms with van der Waals surface area (Å²) in [6, 6.07) is 7.25. The summed E-state index contributed by atoms with van der Waals surface area (Å²) in [5, 5.41) is 2.79. The summed E-state index contributed by atoms with van der Waals surface area (Å²) in [5.41, 5.74) is 6.24. The molecule has 0 bridgehead atoms. The Kier molecular flexibility index (Phi) is 7.18. The first-order valence-corrected chi connectivity index (χ1v) is 9.98. The Bertz CT molecular complexity index is 663. The highest BCUT2D eigenvalue weighted by Gasteiger charge is 2.26. The maximum atomic E-state index is 12.0. The first kappa shape index (κ1) is 19.6. The maximum Gasteiger partial charge on any atom is 0.224 e. The number of rotatable bonds is 8. The standard InChI is InChI=1S/C16H25N3O5S/c1-25(21,22)19-7-9-24-15(12-19)11-18-16(20)10-13-2-4-14(5-3-13)23-8-6-17/h2-5,15H,6-12,17H2,1H3,(H,18,20)/t15-/m1/s1. The third-order valence-corrected chi connectivity index (χ3v) is 5.04. The van der Waals surface area contributed by atoms with E-state index in [2.05, 4.69) is 5.32 Å². The summed E-state index contributed by atoms with van der Waals surface area (Å²) < 4.78 is 35.4. The van der Waals surface area contributed by atoms with Gasteiger partial charge in [-0.15, -0.1) is 0 Å². The Morgan fingerprint density at radius 2 is 2.12 bits per heavy atom. The van der Waals surface area contributed by atoms with Gasteiger partial charge in [-0.25, -0.2) is 8.42 Å². The Hall–Kier alpha value is -1.68. The summed E-state index contributed by atoms with van der Waals surface area (Å²) >= 11 is 0. The zero-order valence-electron chi connectivity index (χ0n) is 14.3. The molecule has 0 aromatic heterocycles. The summed E-state index contributed by atoms with van der Waals surface area (Å²) in [5.74, 6) is 0.571. The molecule has 1 aliphatic heterocycles. The summed E-state index contributed by atoms with van der Waals surface area (Å²) in [7, 11) is -3.24. The number of nitrogens with zero attached hydrogens (tertiary/aromatic N) is 1. The van der Waals surface area contributed by atoms with Gasteiger partial charge in [-0.05, 0) is 17.7 Å². The van der Waals surface area contributed by atoms with Crippen molar-refractivity contribution in [3.05, 3.63) is 29.8 Å². The average molecular weight is 371 g/mol. The first-order valence-electron chi connectivity index (χ1n) is 8.13. The van der Waals surface area contributed by atoms with Crippen molar-refractivity contribution in [3.8, 4) is 5.75 Å². The number of sulfonamides is 1. The smallest absolute Gasteiger partial charge is 0.224 e. The lowest BCUT2D eigenvalue weighted by Crippen LogP contribution is -2.49. The molecule has 1 atom stereocenters. The van der Waals surface area contributed by atoms with Gasteiger partial charge in [0, 0.05) is 26.2 Å². The third kappa shape index (κ3) is 6.62. The Balaban J connectivity index is 1.76. The van der Waals surface area contributed by atoms with Gasteiger partial charge in [0.15, 0.2) is 0 Å². The van der Waals surface area contributed by atoms with Crippen LogP contribution in [-0.4, -0.2) is 70.4 Å². The molecule has 0 unspecified atom stereocenters. The second kappa shape index (κ2) is 9.14. The minimum atomic E-state index is -3.24. The number of amides is 1. The number of hydrogen-bond acceptors (Lipinski definition) is 6. The van der Waals surface area contributed by atoms with Crippen LogP contribution in [-0.2, 0) is 26.0 Å². The van der Waals surface area contributed by atoms with E-state index < -0.39 is 10.0 Å². The fraction of sp³-hybridized carbons (Fsp3) is 0.562. The predicted octanol–water partition coefficient (Wildman–Crippen LogP) is -0.657. The second-order valence-corrected chi connectivity index (χ2v) is 7.86. The highest BCUT2D eigenvalue weighted by Crippen LogP contribution is 2.12. The highest BCUT2D eigenvalue weighted by molar-refractivity contribution is 7.88. The monoisotopic (exact) mass is 371 g/mol. The minimum Gasteiger partial charge on any atom is -0.492 e. The van der Waals surface area contributed by atoms with Crippen molar-refractivity contribution in [3.63, 3.8) is 0 Å². The Morgan fingerprint density at radius 3 is 2.76 bits per heavy atom. The highest BCUT2D eigenvalue weighted by atomic mass is 32.2. The number of nitrogens with one attached hydrogen (secondary N) is 1. The van der Waals surface area contributed by atoms with E-state index in [1.165, 1.54) is 10.6 Å². The molecule has 1 heterocycles. The molecule has 1 aromatic rings. The van der Waals surface area contributed by atoms with Crippen LogP contribution in [0.4, 0.5) is 0 Å². The van der Waals surface area contributed by atoms with Gasteiger partial charge in [0.1, 0.15) is 12.4 Å². The fourth-order valence-electron chi connectivity index (χ4n) is 2.47. The maximum absolute atomic E-state index is 12.0. The van der Waals surface area contributed by atoms with Gasteiger partial charge in [0.05, 0.1) is 25.4 Å². The largest absolute Gasteiger partial charge is 0.492 e. The van der Waals surface area contributed by atoms with Gasteiger partial charge in [0.2, 0.25) is 15.9 Å². The molecule has 0 aliphatic carbocycles. The Morgan fingerprint density at radius 1 is 1.40 bits per heavy atom. The Labute approximate surface area is 148 Å². The van der Waals surface area contributed by atoms with Gasteiger partial charge in [0.25, 0.3) is 0 Å². The van der Waals surface area contributed by atoms with E-state index in [1.54, 1.807) is 12.1 Å². The van der Waals surface area contributed by atoms with Crippen molar-refractivity contribution in [2.24, 2.45) is 5.73 Å². The number of morpholine rings is 1. The normalized spacial score (nSPS) is 18.7. The van der Waals surface area contributed by atoms with E-state index in [0.29, 0.717) is 32.1 Å². The molecule has 0 spiro atoms. The molecule has 3 N–H and O–H groups in total. The van der Waals surface area contributed by atoms with Crippen LogP contribution >= 0.6 is 0 Å². The summed E-state index contributed by atoms with van der Waals surface area (Å²) in [6.07, 6.45) is 1.08. The molecule has 25 heavy (non-hydrogen) atoms. The molecule has 1 aromatic carbocycles. The molecule has 140 valence electrons. The van der Waals surface area contributed by atoms with Crippen molar-refractivity contribution < 1.29 is 22.7 Å². The lowest BCUT2D eigenvalue weighted by molar-refractivity contribution is -0.121.